The summed E-state index contributed by atoms with van der Waals surface area (Å²) in [7, 11) is 0. The molecule has 2 rings (SSSR count). The quantitative estimate of drug-likeness (QED) is 0.355. The molecule has 0 radical (unpaired) electrons. The van der Waals surface area contributed by atoms with E-state index in [1.54, 1.807) is 0 Å². The Morgan fingerprint density at radius 1 is 1.53 bits per heavy atom. The number of carbonyl (C=O) groups excluding carboxylic acids is 2. The first kappa shape index (κ1) is 13.6. The van der Waals surface area contributed by atoms with E-state index in [0.29, 0.717) is 18.5 Å². The van der Waals surface area contributed by atoms with Gasteiger partial charge < -0.3 is 16.1 Å². The minimum Gasteiger partial charge on any atom is -0.354 e. The molecule has 1 fully saturated rings. The molecule has 8 heteroatoms. The van der Waals surface area contributed by atoms with Crippen molar-refractivity contribution in [1.82, 2.24) is 15.6 Å². The van der Waals surface area contributed by atoms with Gasteiger partial charge in [0, 0.05) is 12.1 Å². The van der Waals surface area contributed by atoms with E-state index in [1.807, 2.05) is 0 Å². The fourth-order valence-corrected chi connectivity index (χ4v) is 2.06. The van der Waals surface area contributed by atoms with Crippen LogP contribution in [0.15, 0.2) is 12.1 Å². The van der Waals surface area contributed by atoms with E-state index in [1.165, 1.54) is 12.1 Å². The maximum absolute atomic E-state index is 12.0. The predicted octanol–water partition coefficient (Wildman–Crippen LogP) is 0.0290. The molecule has 7 nitrogen and oxygen atoms in total. The third kappa shape index (κ3) is 3.33. The lowest BCUT2D eigenvalue weighted by molar-refractivity contribution is -0.124. The smallest absolute Gasteiger partial charge is 0.252 e. The van der Waals surface area contributed by atoms with Crippen molar-refractivity contribution in [1.29, 1.82) is 0 Å². The van der Waals surface area contributed by atoms with Gasteiger partial charge in [0.15, 0.2) is 0 Å². The first-order chi connectivity index (χ1) is 9.10. The van der Waals surface area contributed by atoms with Crippen LogP contribution >= 0.6 is 11.6 Å². The largest absolute Gasteiger partial charge is 0.354 e. The molecule has 1 unspecified atom stereocenters. The van der Waals surface area contributed by atoms with Crippen molar-refractivity contribution in [2.75, 3.05) is 12.0 Å². The van der Waals surface area contributed by atoms with E-state index in [0.717, 1.165) is 6.42 Å². The number of hydrogen-bond donors (Lipinski definition) is 4. The van der Waals surface area contributed by atoms with Crippen molar-refractivity contribution in [3.63, 3.8) is 0 Å². The Balaban J connectivity index is 2.11. The second-order valence-corrected chi connectivity index (χ2v) is 4.55. The van der Waals surface area contributed by atoms with Gasteiger partial charge in [-0.25, -0.2) is 10.8 Å². The molecule has 2 heterocycles. The van der Waals surface area contributed by atoms with Crippen LogP contribution in [0.25, 0.3) is 0 Å². The third-order valence-corrected chi connectivity index (χ3v) is 2.99. The van der Waals surface area contributed by atoms with Gasteiger partial charge in [-0.2, -0.15) is 0 Å². The number of hydrazine groups is 1. The molecule has 0 saturated carbocycles. The van der Waals surface area contributed by atoms with E-state index in [4.69, 9.17) is 17.4 Å². The molecule has 102 valence electrons. The lowest BCUT2D eigenvalue weighted by Crippen LogP contribution is -2.50. The number of amides is 2. The summed E-state index contributed by atoms with van der Waals surface area (Å²) in [5.41, 5.74) is 2.62. The topological polar surface area (TPSA) is 109 Å². The maximum atomic E-state index is 12.0. The monoisotopic (exact) mass is 283 g/mol. The van der Waals surface area contributed by atoms with E-state index >= 15 is 0 Å². The summed E-state index contributed by atoms with van der Waals surface area (Å²) in [6, 6.07) is 2.36. The number of nitrogens with two attached hydrogens (primary N) is 1. The average molecular weight is 284 g/mol. The number of halogens is 1. The summed E-state index contributed by atoms with van der Waals surface area (Å²) in [6.45, 7) is 0.646. The van der Waals surface area contributed by atoms with Crippen LogP contribution in [0, 0.1) is 0 Å². The Morgan fingerprint density at radius 2 is 2.32 bits per heavy atom. The summed E-state index contributed by atoms with van der Waals surface area (Å²) in [5.74, 6) is 4.95. The fraction of sp³-hybridized carbons (Fsp3) is 0.364. The Bertz CT molecular complexity index is 508. The highest BCUT2D eigenvalue weighted by Crippen LogP contribution is 2.14. The lowest BCUT2D eigenvalue weighted by Gasteiger charge is -2.22. The van der Waals surface area contributed by atoms with Crippen LogP contribution in [0.4, 0.5) is 5.82 Å². The van der Waals surface area contributed by atoms with Gasteiger partial charge in [0.2, 0.25) is 5.91 Å². The van der Waals surface area contributed by atoms with Crippen LogP contribution in [-0.2, 0) is 4.79 Å². The van der Waals surface area contributed by atoms with E-state index < -0.39 is 6.04 Å². The van der Waals surface area contributed by atoms with Crippen LogP contribution in [0.3, 0.4) is 0 Å². The van der Waals surface area contributed by atoms with Gasteiger partial charge in [-0.15, -0.1) is 0 Å². The van der Waals surface area contributed by atoms with Gasteiger partial charge in [-0.05, 0) is 25.0 Å². The second-order valence-electron chi connectivity index (χ2n) is 4.17. The molecule has 1 aliphatic heterocycles. The number of aromatic nitrogens is 1. The molecule has 5 N–H and O–H groups in total. The van der Waals surface area contributed by atoms with Crippen molar-refractivity contribution in [3.8, 4) is 0 Å². The molecule has 1 atom stereocenters. The zero-order valence-corrected chi connectivity index (χ0v) is 10.8. The minimum atomic E-state index is -0.512. The molecule has 0 aliphatic carbocycles. The molecule has 1 aliphatic rings. The molecular weight excluding hydrogens is 270 g/mol. The number of anilines is 1. The van der Waals surface area contributed by atoms with Gasteiger partial charge in [0.05, 0.1) is 0 Å². The Morgan fingerprint density at radius 3 is 3.00 bits per heavy atom. The molecule has 2 amide bonds. The first-order valence-electron chi connectivity index (χ1n) is 5.83. The fourth-order valence-electron chi connectivity index (χ4n) is 1.85. The van der Waals surface area contributed by atoms with E-state index in [-0.39, 0.29) is 22.8 Å². The standard InChI is InChI=1S/C11H14ClN5O2/c12-8-4-6(5-9(16-8)17-13)10(18)15-7-2-1-3-14-11(7)19/h4-5,7H,1-3,13H2,(H,14,19)(H,15,18)(H,16,17). The normalized spacial score (nSPS) is 18.6. The molecule has 1 aromatic rings. The van der Waals surface area contributed by atoms with Crippen molar-refractivity contribution < 1.29 is 9.59 Å². The molecule has 0 aromatic carbocycles. The second kappa shape index (κ2) is 5.85. The minimum absolute atomic E-state index is 0.147. The number of nitrogen functional groups attached to an aromatic ring is 1. The van der Waals surface area contributed by atoms with Crippen molar-refractivity contribution in [2.45, 2.75) is 18.9 Å². The SMILES string of the molecule is NNc1cc(C(=O)NC2CCCNC2=O)cc(Cl)n1. The number of nitrogens with one attached hydrogen (secondary N) is 3. The number of pyridine rings is 1. The zero-order chi connectivity index (χ0) is 13.8. The highest BCUT2D eigenvalue weighted by atomic mass is 35.5. The molecule has 0 spiro atoms. The summed E-state index contributed by atoms with van der Waals surface area (Å²) in [4.78, 5) is 27.5. The molecule has 19 heavy (non-hydrogen) atoms. The van der Waals surface area contributed by atoms with Crippen LogP contribution < -0.4 is 21.9 Å². The zero-order valence-electron chi connectivity index (χ0n) is 10.1. The van der Waals surface area contributed by atoms with Gasteiger partial charge >= 0.3 is 0 Å². The first-order valence-corrected chi connectivity index (χ1v) is 6.20. The van der Waals surface area contributed by atoms with Crippen LogP contribution in [0.5, 0.6) is 0 Å². The molecule has 0 bridgehead atoms. The lowest BCUT2D eigenvalue weighted by atomic mass is 10.1. The molecule has 1 aromatic heterocycles. The predicted molar refractivity (Wildman–Crippen MR) is 70.6 cm³/mol. The van der Waals surface area contributed by atoms with Crippen LogP contribution in [0.2, 0.25) is 5.15 Å². The summed E-state index contributed by atoms with van der Waals surface area (Å²) in [6.07, 6.45) is 1.46. The van der Waals surface area contributed by atoms with Gasteiger partial charge in [0.1, 0.15) is 17.0 Å². The Hall–Kier alpha value is -1.86. The van der Waals surface area contributed by atoms with Crippen molar-refractivity contribution in [2.24, 2.45) is 5.84 Å². The molecular formula is C11H14ClN5O2. The highest BCUT2D eigenvalue weighted by molar-refractivity contribution is 6.29. The van der Waals surface area contributed by atoms with Crippen LogP contribution in [0.1, 0.15) is 23.2 Å². The average Bonchev–Trinajstić information content (AvgIpc) is 2.40. The van der Waals surface area contributed by atoms with Gasteiger partial charge in [0.25, 0.3) is 5.91 Å². The number of nitrogens with zero attached hydrogens (tertiary/aromatic N) is 1. The molecule has 1 saturated heterocycles. The van der Waals surface area contributed by atoms with E-state index in [9.17, 15) is 9.59 Å². The van der Waals surface area contributed by atoms with Crippen molar-refractivity contribution >= 4 is 29.2 Å². The highest BCUT2D eigenvalue weighted by Gasteiger charge is 2.24. The maximum Gasteiger partial charge on any atom is 0.252 e. The van der Waals surface area contributed by atoms with E-state index in [2.05, 4.69) is 21.0 Å². The third-order valence-electron chi connectivity index (χ3n) is 2.79. The summed E-state index contributed by atoms with van der Waals surface area (Å²) >= 11 is 5.78. The van der Waals surface area contributed by atoms with Crippen molar-refractivity contribution in [3.05, 3.63) is 22.8 Å². The summed E-state index contributed by atoms with van der Waals surface area (Å²) in [5, 5.41) is 5.50. The van der Waals surface area contributed by atoms with Gasteiger partial charge in [-0.1, -0.05) is 11.6 Å². The number of piperidine rings is 1. The number of hydrogen-bond acceptors (Lipinski definition) is 5. The number of rotatable bonds is 3. The van der Waals surface area contributed by atoms with Crippen LogP contribution in [-0.4, -0.2) is 29.4 Å². The van der Waals surface area contributed by atoms with Gasteiger partial charge in [-0.3, -0.25) is 9.59 Å². The Labute approximate surface area is 114 Å². The number of carbonyl (C=O) groups is 2. The Kier molecular flexibility index (Phi) is 4.18. The summed E-state index contributed by atoms with van der Waals surface area (Å²) < 4.78 is 0.